The number of aliphatic imine (C=N–C) groups is 2. The summed E-state index contributed by atoms with van der Waals surface area (Å²) < 4.78 is 18.4. The van der Waals surface area contributed by atoms with Crippen LogP contribution in [0.25, 0.3) is 0 Å². The summed E-state index contributed by atoms with van der Waals surface area (Å²) in [7, 11) is 2.02. The Labute approximate surface area is 237 Å². The van der Waals surface area contributed by atoms with E-state index in [1.807, 2.05) is 61.6 Å². The van der Waals surface area contributed by atoms with Crippen molar-refractivity contribution < 1.29 is 14.2 Å². The van der Waals surface area contributed by atoms with Gasteiger partial charge in [0.15, 0.2) is 11.5 Å². The molecule has 0 unspecified atom stereocenters. The normalized spacial score (nSPS) is 14.1. The lowest BCUT2D eigenvalue weighted by molar-refractivity contribution is 0.289. The number of ether oxygens (including phenoxy) is 3. The molecule has 0 fully saturated rings. The summed E-state index contributed by atoms with van der Waals surface area (Å²) in [5.74, 6) is 3.15. The van der Waals surface area contributed by atoms with Gasteiger partial charge in [0.2, 0.25) is 5.88 Å². The number of rotatable bonds is 9. The van der Waals surface area contributed by atoms with Crippen LogP contribution in [0, 0.1) is 11.3 Å². The van der Waals surface area contributed by atoms with Crippen molar-refractivity contribution in [1.82, 2.24) is 20.2 Å². The van der Waals surface area contributed by atoms with Gasteiger partial charge in [-0.05, 0) is 29.8 Å². The number of amidine groups is 2. The molecule has 1 N–H and O–H groups in total. The van der Waals surface area contributed by atoms with Gasteiger partial charge in [0.05, 0.1) is 24.7 Å². The lowest BCUT2D eigenvalue weighted by Gasteiger charge is -2.15. The number of benzene rings is 3. The van der Waals surface area contributed by atoms with E-state index in [0.29, 0.717) is 54.0 Å². The molecule has 0 amide bonds. The predicted octanol–water partition coefficient (Wildman–Crippen LogP) is 4.55. The summed E-state index contributed by atoms with van der Waals surface area (Å²) >= 11 is 0. The summed E-state index contributed by atoms with van der Waals surface area (Å²) in [6, 6.07) is 26.4. The number of hydrogen-bond donors (Lipinski definition) is 1. The Morgan fingerprint density at radius 3 is 2.59 bits per heavy atom. The Morgan fingerprint density at radius 1 is 0.902 bits per heavy atom. The van der Waals surface area contributed by atoms with Crippen LogP contribution in [0.4, 0.5) is 0 Å². The van der Waals surface area contributed by atoms with Crippen molar-refractivity contribution in [3.05, 3.63) is 101 Å². The standard InChI is InChI=1S/C31H27N7O3/c1-38-15-14-35-30(38)23-8-5-9-24(17-23)40-31-36-25(29-33-12-13-34-29)18-28(37-31)41-27-16-22(19-32)10-11-26(27)39-20-21-6-3-2-4-7-21/h2-11,16-18H,12-15,20H2,1H3,(H,33,34). The zero-order valence-electron chi connectivity index (χ0n) is 22.4. The van der Waals surface area contributed by atoms with Gasteiger partial charge in [0.25, 0.3) is 0 Å². The van der Waals surface area contributed by atoms with Crippen molar-refractivity contribution >= 4 is 11.7 Å². The number of nitriles is 1. The third-order valence-corrected chi connectivity index (χ3v) is 6.48. The van der Waals surface area contributed by atoms with Crippen LogP contribution < -0.4 is 19.5 Å². The maximum atomic E-state index is 9.51. The number of nitrogens with zero attached hydrogens (tertiary/aromatic N) is 6. The van der Waals surface area contributed by atoms with Gasteiger partial charge in [0.1, 0.15) is 29.7 Å². The van der Waals surface area contributed by atoms with Crippen molar-refractivity contribution in [1.29, 1.82) is 5.26 Å². The van der Waals surface area contributed by atoms with Gasteiger partial charge in [-0.2, -0.15) is 15.2 Å². The van der Waals surface area contributed by atoms with Gasteiger partial charge >= 0.3 is 6.01 Å². The van der Waals surface area contributed by atoms with Crippen LogP contribution in [0.5, 0.6) is 29.1 Å². The highest BCUT2D eigenvalue weighted by atomic mass is 16.5. The third-order valence-electron chi connectivity index (χ3n) is 6.48. The van der Waals surface area contributed by atoms with E-state index in [9.17, 15) is 5.26 Å². The van der Waals surface area contributed by atoms with Gasteiger partial charge in [-0.1, -0.05) is 42.5 Å². The van der Waals surface area contributed by atoms with Crippen LogP contribution >= 0.6 is 0 Å². The Balaban J connectivity index is 1.31. The zero-order valence-corrected chi connectivity index (χ0v) is 22.4. The van der Waals surface area contributed by atoms with Crippen molar-refractivity contribution in [2.24, 2.45) is 9.98 Å². The summed E-state index contributed by atoms with van der Waals surface area (Å²) in [5.41, 5.74) is 2.91. The fourth-order valence-electron chi connectivity index (χ4n) is 4.47. The van der Waals surface area contributed by atoms with E-state index >= 15 is 0 Å². The first kappa shape index (κ1) is 25.8. The minimum atomic E-state index is 0.0935. The van der Waals surface area contributed by atoms with E-state index in [0.717, 1.165) is 30.1 Å². The highest BCUT2D eigenvalue weighted by Crippen LogP contribution is 2.34. The molecule has 0 saturated carbocycles. The van der Waals surface area contributed by atoms with Crippen LogP contribution in [0.1, 0.15) is 22.4 Å². The molecule has 10 nitrogen and oxygen atoms in total. The molecular formula is C31H27N7O3. The van der Waals surface area contributed by atoms with E-state index in [4.69, 9.17) is 14.2 Å². The number of aromatic nitrogens is 2. The van der Waals surface area contributed by atoms with E-state index in [1.165, 1.54) is 0 Å². The lowest BCUT2D eigenvalue weighted by atomic mass is 10.2. The molecule has 0 spiro atoms. The molecule has 2 aliphatic rings. The van der Waals surface area contributed by atoms with Crippen molar-refractivity contribution in [3.8, 4) is 35.2 Å². The van der Waals surface area contributed by atoms with Gasteiger partial charge in [-0.25, -0.2) is 0 Å². The largest absolute Gasteiger partial charge is 0.485 e. The van der Waals surface area contributed by atoms with Crippen LogP contribution in [0.2, 0.25) is 0 Å². The van der Waals surface area contributed by atoms with Crippen LogP contribution in [-0.2, 0) is 6.61 Å². The predicted molar refractivity (Wildman–Crippen MR) is 154 cm³/mol. The zero-order chi connectivity index (χ0) is 28.0. The molecule has 0 bridgehead atoms. The maximum Gasteiger partial charge on any atom is 0.325 e. The molecule has 0 aliphatic carbocycles. The fourth-order valence-corrected chi connectivity index (χ4v) is 4.47. The first-order chi connectivity index (χ1) is 20.1. The molecule has 3 heterocycles. The molecule has 204 valence electrons. The average Bonchev–Trinajstić information content (AvgIpc) is 3.69. The smallest absolute Gasteiger partial charge is 0.325 e. The second-order valence-electron chi connectivity index (χ2n) is 9.44. The second kappa shape index (κ2) is 11.8. The number of likely N-dealkylation sites (N-methyl/N-ethyl adjacent to an activating group) is 1. The third kappa shape index (κ3) is 6.09. The molecule has 0 saturated heterocycles. The van der Waals surface area contributed by atoms with Crippen molar-refractivity contribution in [3.63, 3.8) is 0 Å². The Hall–Kier alpha value is -5.43. The fraction of sp³-hybridized carbons (Fsp3) is 0.194. The minimum Gasteiger partial charge on any atom is -0.485 e. The maximum absolute atomic E-state index is 9.51. The summed E-state index contributed by atoms with van der Waals surface area (Å²) in [6.07, 6.45) is 0. The lowest BCUT2D eigenvalue weighted by Crippen LogP contribution is -2.23. The van der Waals surface area contributed by atoms with Gasteiger partial charge in [0, 0.05) is 37.8 Å². The second-order valence-corrected chi connectivity index (χ2v) is 9.44. The first-order valence-corrected chi connectivity index (χ1v) is 13.2. The molecule has 2 aliphatic heterocycles. The Morgan fingerprint density at radius 2 is 1.80 bits per heavy atom. The minimum absolute atomic E-state index is 0.0935. The van der Waals surface area contributed by atoms with Crippen LogP contribution in [-0.4, -0.2) is 59.8 Å². The van der Waals surface area contributed by atoms with Gasteiger partial charge in [-0.3, -0.25) is 9.98 Å². The Kier molecular flexibility index (Phi) is 7.40. The molecule has 3 aromatic carbocycles. The monoisotopic (exact) mass is 545 g/mol. The topological polar surface area (TPSA) is 117 Å². The molecular weight excluding hydrogens is 518 g/mol. The molecule has 0 atom stereocenters. The van der Waals surface area contributed by atoms with E-state index in [-0.39, 0.29) is 11.9 Å². The molecule has 41 heavy (non-hydrogen) atoms. The summed E-state index contributed by atoms with van der Waals surface area (Å²) in [5, 5.41) is 12.7. The molecule has 0 radical (unpaired) electrons. The molecule has 6 rings (SSSR count). The van der Waals surface area contributed by atoms with Gasteiger partial charge < -0.3 is 24.4 Å². The van der Waals surface area contributed by atoms with E-state index in [2.05, 4.69) is 36.2 Å². The number of nitrogens with one attached hydrogen (secondary N) is 1. The van der Waals surface area contributed by atoms with E-state index < -0.39 is 0 Å². The molecule has 10 heteroatoms. The summed E-state index contributed by atoms with van der Waals surface area (Å²) in [6.45, 7) is 3.34. The van der Waals surface area contributed by atoms with Crippen molar-refractivity contribution in [2.45, 2.75) is 6.61 Å². The first-order valence-electron chi connectivity index (χ1n) is 13.2. The highest BCUT2D eigenvalue weighted by molar-refractivity contribution is 6.00. The van der Waals surface area contributed by atoms with Crippen LogP contribution in [0.3, 0.4) is 0 Å². The van der Waals surface area contributed by atoms with Crippen LogP contribution in [0.15, 0.2) is 88.8 Å². The molecule has 1 aromatic heterocycles. The number of hydrogen-bond acceptors (Lipinski definition) is 10. The summed E-state index contributed by atoms with van der Waals surface area (Å²) in [4.78, 5) is 20.3. The quantitative estimate of drug-likeness (QED) is 0.326. The SMILES string of the molecule is CN1CCN=C1c1cccc(Oc2nc(Oc3cc(C#N)ccc3OCc3ccccc3)cc(C3=NCCN3)n2)c1. The van der Waals surface area contributed by atoms with Crippen molar-refractivity contribution in [2.75, 3.05) is 33.2 Å². The highest BCUT2D eigenvalue weighted by Gasteiger charge is 2.19. The Bertz CT molecular complexity index is 1660. The molecule has 4 aromatic rings. The average molecular weight is 546 g/mol. The van der Waals surface area contributed by atoms with E-state index in [1.54, 1.807) is 24.3 Å². The van der Waals surface area contributed by atoms with Gasteiger partial charge in [-0.15, -0.1) is 0 Å².